The van der Waals surface area contributed by atoms with Crippen molar-refractivity contribution in [2.24, 2.45) is 11.7 Å². The maximum absolute atomic E-state index is 13.0. The average Bonchev–Trinajstić information content (AvgIpc) is 3.03. The molecule has 2 heterocycles. The topological polar surface area (TPSA) is 66.0 Å². The van der Waals surface area contributed by atoms with Gasteiger partial charge in [0.2, 0.25) is 0 Å². The van der Waals surface area contributed by atoms with E-state index >= 15 is 0 Å². The molecule has 0 saturated carbocycles. The van der Waals surface area contributed by atoms with Crippen LogP contribution in [0.15, 0.2) is 29.4 Å². The summed E-state index contributed by atoms with van der Waals surface area (Å²) in [5.74, 6) is 1.62. The van der Waals surface area contributed by atoms with Gasteiger partial charge in [0.25, 0.3) is 0 Å². The van der Waals surface area contributed by atoms with Crippen molar-refractivity contribution in [3.05, 3.63) is 35.7 Å². The molecular weight excluding hydrogens is 353 g/mol. The first-order valence-electron chi connectivity index (χ1n) is 8.01. The van der Waals surface area contributed by atoms with Gasteiger partial charge in [-0.15, -0.1) is 10.2 Å². The third-order valence-electron chi connectivity index (χ3n) is 4.02. The molecule has 136 valence electrons. The second-order valence-electron chi connectivity index (χ2n) is 5.88. The van der Waals surface area contributed by atoms with Crippen LogP contribution in [0.5, 0.6) is 0 Å². The second kappa shape index (κ2) is 7.76. The molecule has 5 nitrogen and oxygen atoms in total. The molecule has 1 saturated heterocycles. The van der Waals surface area contributed by atoms with Gasteiger partial charge in [0.05, 0.1) is 24.4 Å². The summed E-state index contributed by atoms with van der Waals surface area (Å²) in [6, 6.07) is 5.12. The number of hydrogen-bond donors (Lipinski definition) is 1. The minimum Gasteiger partial charge on any atom is -0.381 e. The lowest BCUT2D eigenvalue weighted by Crippen LogP contribution is -2.19. The predicted octanol–water partition coefficient (Wildman–Crippen LogP) is 3.26. The summed E-state index contributed by atoms with van der Waals surface area (Å²) in [4.78, 5) is 0. The number of ether oxygens (including phenoxy) is 1. The van der Waals surface area contributed by atoms with E-state index in [0.29, 0.717) is 29.2 Å². The molecule has 9 heteroatoms. The highest BCUT2D eigenvalue weighted by molar-refractivity contribution is 7.99. The fourth-order valence-corrected chi connectivity index (χ4v) is 3.82. The number of aromatic nitrogens is 3. The van der Waals surface area contributed by atoms with E-state index in [1.165, 1.54) is 17.8 Å². The fourth-order valence-electron chi connectivity index (χ4n) is 2.74. The van der Waals surface area contributed by atoms with Gasteiger partial charge in [-0.05, 0) is 37.0 Å². The van der Waals surface area contributed by atoms with Gasteiger partial charge in [0.15, 0.2) is 11.0 Å². The Balaban J connectivity index is 1.86. The maximum Gasteiger partial charge on any atom is 0.416 e. The van der Waals surface area contributed by atoms with Crippen molar-refractivity contribution in [2.75, 3.05) is 19.0 Å². The first kappa shape index (κ1) is 18.2. The van der Waals surface area contributed by atoms with Gasteiger partial charge >= 0.3 is 6.18 Å². The van der Waals surface area contributed by atoms with Crippen LogP contribution in [-0.2, 0) is 17.5 Å². The lowest BCUT2D eigenvalue weighted by molar-refractivity contribution is -0.137. The fraction of sp³-hybridized carbons (Fsp3) is 0.500. The van der Waals surface area contributed by atoms with Gasteiger partial charge in [-0.1, -0.05) is 17.8 Å². The van der Waals surface area contributed by atoms with Gasteiger partial charge in [0, 0.05) is 12.4 Å². The molecule has 2 N–H and O–H groups in total. The Kier molecular flexibility index (Phi) is 5.65. The first-order chi connectivity index (χ1) is 12.0. The predicted molar refractivity (Wildman–Crippen MR) is 88.5 cm³/mol. The second-order valence-corrected chi connectivity index (χ2v) is 6.87. The van der Waals surface area contributed by atoms with E-state index in [4.69, 9.17) is 10.5 Å². The van der Waals surface area contributed by atoms with Crippen LogP contribution < -0.4 is 5.73 Å². The normalized spacial score (nSPS) is 18.5. The van der Waals surface area contributed by atoms with Crippen molar-refractivity contribution >= 4 is 11.8 Å². The highest BCUT2D eigenvalue weighted by atomic mass is 32.2. The van der Waals surface area contributed by atoms with Crippen molar-refractivity contribution in [1.82, 2.24) is 14.8 Å². The largest absolute Gasteiger partial charge is 0.416 e. The molecule has 0 amide bonds. The lowest BCUT2D eigenvalue weighted by atomic mass is 10.1. The number of benzene rings is 1. The van der Waals surface area contributed by atoms with Crippen LogP contribution in [-0.4, -0.2) is 33.7 Å². The molecule has 1 aromatic heterocycles. The lowest BCUT2D eigenvalue weighted by Gasteiger charge is -2.21. The van der Waals surface area contributed by atoms with Crippen LogP contribution in [0.2, 0.25) is 0 Å². The molecule has 0 bridgehead atoms. The molecule has 25 heavy (non-hydrogen) atoms. The van der Waals surface area contributed by atoms with Crippen molar-refractivity contribution in [3.63, 3.8) is 0 Å². The average molecular weight is 372 g/mol. The van der Waals surface area contributed by atoms with E-state index in [2.05, 4.69) is 10.2 Å². The molecular formula is C16H19F3N4OS. The van der Waals surface area contributed by atoms with E-state index in [1.807, 2.05) is 0 Å². The van der Waals surface area contributed by atoms with E-state index in [9.17, 15) is 13.2 Å². The molecule has 0 radical (unpaired) electrons. The Bertz CT molecular complexity index is 714. The highest BCUT2D eigenvalue weighted by Crippen LogP contribution is 2.32. The quantitative estimate of drug-likeness (QED) is 0.816. The molecule has 1 fully saturated rings. The number of nitrogens with two attached hydrogens (primary N) is 1. The molecule has 0 aliphatic carbocycles. The van der Waals surface area contributed by atoms with Crippen molar-refractivity contribution in [1.29, 1.82) is 0 Å². The Morgan fingerprint density at radius 3 is 2.84 bits per heavy atom. The van der Waals surface area contributed by atoms with Crippen LogP contribution in [0.4, 0.5) is 13.2 Å². The number of halogens is 3. The number of rotatable bonds is 5. The van der Waals surface area contributed by atoms with Crippen molar-refractivity contribution in [3.8, 4) is 5.69 Å². The van der Waals surface area contributed by atoms with E-state index < -0.39 is 11.7 Å². The molecule has 1 unspecified atom stereocenters. The van der Waals surface area contributed by atoms with Gasteiger partial charge in [-0.2, -0.15) is 13.2 Å². The molecule has 1 atom stereocenters. The summed E-state index contributed by atoms with van der Waals surface area (Å²) in [5.41, 5.74) is 5.34. The standard InChI is InChI=1S/C16H19F3N4OS/c17-16(18,19)12-4-1-5-13(7-12)23-14(8-20)21-22-15(23)25-10-11-3-2-6-24-9-11/h1,4-5,7,11H,2-3,6,8-10,20H2. The van der Waals surface area contributed by atoms with Gasteiger partial charge < -0.3 is 10.5 Å². The summed E-state index contributed by atoms with van der Waals surface area (Å²) >= 11 is 1.47. The Morgan fingerprint density at radius 2 is 2.16 bits per heavy atom. The molecule has 1 aromatic carbocycles. The smallest absolute Gasteiger partial charge is 0.381 e. The van der Waals surface area contributed by atoms with Gasteiger partial charge in [0.1, 0.15) is 0 Å². The number of alkyl halides is 3. The third kappa shape index (κ3) is 4.34. The maximum atomic E-state index is 13.0. The summed E-state index contributed by atoms with van der Waals surface area (Å²) in [7, 11) is 0. The molecule has 1 aliphatic rings. The number of nitrogens with zero attached hydrogens (tertiary/aromatic N) is 3. The SMILES string of the molecule is NCc1nnc(SCC2CCCOC2)n1-c1cccc(C(F)(F)F)c1. The van der Waals surface area contributed by atoms with Crippen LogP contribution in [0.25, 0.3) is 5.69 Å². The Morgan fingerprint density at radius 1 is 1.32 bits per heavy atom. The van der Waals surface area contributed by atoms with Gasteiger partial charge in [-0.3, -0.25) is 4.57 Å². The summed E-state index contributed by atoms with van der Waals surface area (Å²) in [6.45, 7) is 1.59. The zero-order chi connectivity index (χ0) is 17.9. The number of thioether (sulfide) groups is 1. The monoisotopic (exact) mass is 372 g/mol. The van der Waals surface area contributed by atoms with Crippen LogP contribution in [0.1, 0.15) is 24.2 Å². The zero-order valence-electron chi connectivity index (χ0n) is 13.5. The van der Waals surface area contributed by atoms with E-state index in [0.717, 1.165) is 37.3 Å². The molecule has 0 spiro atoms. The highest BCUT2D eigenvalue weighted by Gasteiger charge is 2.31. The van der Waals surface area contributed by atoms with Crippen molar-refractivity contribution < 1.29 is 17.9 Å². The first-order valence-corrected chi connectivity index (χ1v) is 9.00. The Labute approximate surface area is 147 Å². The molecule has 3 rings (SSSR count). The third-order valence-corrected chi connectivity index (χ3v) is 5.18. The Hall–Kier alpha value is -1.58. The van der Waals surface area contributed by atoms with Gasteiger partial charge in [-0.25, -0.2) is 0 Å². The summed E-state index contributed by atoms with van der Waals surface area (Å²) < 4.78 is 46.1. The minimum absolute atomic E-state index is 0.0936. The number of hydrogen-bond acceptors (Lipinski definition) is 5. The zero-order valence-corrected chi connectivity index (χ0v) is 14.3. The van der Waals surface area contributed by atoms with E-state index in [-0.39, 0.29) is 6.54 Å². The summed E-state index contributed by atoms with van der Waals surface area (Å²) in [5, 5.41) is 8.68. The minimum atomic E-state index is -4.40. The van der Waals surface area contributed by atoms with Crippen molar-refractivity contribution in [2.45, 2.75) is 30.7 Å². The van der Waals surface area contributed by atoms with Crippen LogP contribution in [0, 0.1) is 5.92 Å². The van der Waals surface area contributed by atoms with E-state index in [1.54, 1.807) is 10.6 Å². The molecule has 1 aliphatic heterocycles. The molecule has 2 aromatic rings. The summed E-state index contributed by atoms with van der Waals surface area (Å²) in [6.07, 6.45) is -2.30. The van der Waals surface area contributed by atoms with Crippen LogP contribution >= 0.6 is 11.8 Å². The van der Waals surface area contributed by atoms with Crippen LogP contribution in [0.3, 0.4) is 0 Å².